The van der Waals surface area contributed by atoms with Crippen LogP contribution in [0, 0.1) is 34.5 Å². The molecule has 0 aromatic heterocycles. The van der Waals surface area contributed by atoms with E-state index in [-0.39, 0.29) is 47.3 Å². The van der Waals surface area contributed by atoms with Crippen molar-refractivity contribution in [2.45, 2.75) is 71.1 Å². The van der Waals surface area contributed by atoms with Crippen molar-refractivity contribution in [3.8, 4) is 0 Å². The maximum absolute atomic E-state index is 13.8. The molecule has 4 fully saturated rings. The van der Waals surface area contributed by atoms with Crippen LogP contribution in [-0.2, 0) is 29.8 Å². The van der Waals surface area contributed by atoms with Crippen LogP contribution in [-0.4, -0.2) is 41.6 Å². The monoisotopic (exact) mass is 506 g/mol. The number of fused-ring (bicyclic) bond motifs is 6. The third kappa shape index (κ3) is 3.32. The molecule has 1 aromatic carbocycles. The summed E-state index contributed by atoms with van der Waals surface area (Å²) in [5.74, 6) is -0.865. The van der Waals surface area contributed by atoms with Gasteiger partial charge in [0.2, 0.25) is 0 Å². The normalized spacial score (nSPS) is 46.8. The highest BCUT2D eigenvalue weighted by Gasteiger charge is 2.72. The Morgan fingerprint density at radius 3 is 2.65 bits per heavy atom. The van der Waals surface area contributed by atoms with Gasteiger partial charge in [-0.05, 0) is 62.5 Å². The van der Waals surface area contributed by atoms with Gasteiger partial charge in [-0.1, -0.05) is 62.8 Å². The summed E-state index contributed by atoms with van der Waals surface area (Å²) in [6.07, 6.45) is 7.63. The number of ketones is 2. The van der Waals surface area contributed by atoms with Crippen molar-refractivity contribution in [1.82, 2.24) is 0 Å². The average Bonchev–Trinajstić information content (AvgIpc) is 3.15. The van der Waals surface area contributed by atoms with Crippen molar-refractivity contribution >= 4 is 11.6 Å². The van der Waals surface area contributed by atoms with Crippen LogP contribution >= 0.6 is 0 Å². The molecule has 0 bridgehead atoms. The van der Waals surface area contributed by atoms with E-state index in [1.54, 1.807) is 12.2 Å². The zero-order valence-electron chi connectivity index (χ0n) is 22.2. The lowest BCUT2D eigenvalue weighted by atomic mass is 9.44. The number of hydrogen-bond donors (Lipinski definition) is 1. The first-order valence-corrected chi connectivity index (χ1v) is 13.8. The summed E-state index contributed by atoms with van der Waals surface area (Å²) in [4.78, 5) is 26.1. The van der Waals surface area contributed by atoms with E-state index in [0.29, 0.717) is 19.4 Å². The van der Waals surface area contributed by atoms with E-state index >= 15 is 0 Å². The Balaban J connectivity index is 1.42. The Hall–Kier alpha value is -2.12. The molecular weight excluding hydrogens is 468 g/mol. The topological polar surface area (TPSA) is 82.1 Å². The summed E-state index contributed by atoms with van der Waals surface area (Å²) in [6, 6.07) is 9.58. The van der Waals surface area contributed by atoms with Gasteiger partial charge >= 0.3 is 5.97 Å². The van der Waals surface area contributed by atoms with Gasteiger partial charge in [0, 0.05) is 28.9 Å². The van der Waals surface area contributed by atoms with Gasteiger partial charge in [0.05, 0.1) is 6.10 Å². The smallest absolute Gasteiger partial charge is 0.313 e. The van der Waals surface area contributed by atoms with Gasteiger partial charge in [-0.2, -0.15) is 0 Å². The van der Waals surface area contributed by atoms with Gasteiger partial charge in [0.1, 0.15) is 12.2 Å². The van der Waals surface area contributed by atoms with Gasteiger partial charge < -0.3 is 19.3 Å². The van der Waals surface area contributed by atoms with E-state index in [1.165, 1.54) is 0 Å². The molecule has 0 amide bonds. The molecule has 3 saturated carbocycles. The minimum absolute atomic E-state index is 0.00626. The molecule has 1 saturated heterocycles. The molecule has 1 N–H and O–H groups in total. The summed E-state index contributed by atoms with van der Waals surface area (Å²) >= 11 is 0. The number of rotatable bonds is 3. The second kappa shape index (κ2) is 8.44. The number of Topliss-reactive ketones (excluding diaryl/α,β-unsaturated/α-hetero) is 1. The predicted molar refractivity (Wildman–Crippen MR) is 137 cm³/mol. The second-order valence-electron chi connectivity index (χ2n) is 12.3. The number of ether oxygens (including phenoxy) is 3. The summed E-state index contributed by atoms with van der Waals surface area (Å²) in [6.45, 7) is 8.69. The molecule has 5 aliphatic rings. The highest BCUT2D eigenvalue weighted by atomic mass is 16.9. The van der Waals surface area contributed by atoms with Crippen LogP contribution in [0.1, 0.15) is 58.9 Å². The molecule has 1 aromatic rings. The van der Waals surface area contributed by atoms with Crippen molar-refractivity contribution in [2.24, 2.45) is 34.5 Å². The Morgan fingerprint density at radius 1 is 1.16 bits per heavy atom. The van der Waals surface area contributed by atoms with Gasteiger partial charge in [-0.3, -0.25) is 9.59 Å². The molecule has 0 radical (unpaired) electrons. The van der Waals surface area contributed by atoms with Gasteiger partial charge in [0.25, 0.3) is 0 Å². The highest BCUT2D eigenvalue weighted by Crippen LogP contribution is 2.69. The molecule has 198 valence electrons. The number of carbonyl (C=O) groups is 2. The van der Waals surface area contributed by atoms with Crippen LogP contribution in [0.15, 0.2) is 54.1 Å². The molecule has 37 heavy (non-hydrogen) atoms. The van der Waals surface area contributed by atoms with Crippen LogP contribution in [0.25, 0.3) is 0 Å². The zero-order valence-corrected chi connectivity index (χ0v) is 22.2. The van der Waals surface area contributed by atoms with E-state index in [9.17, 15) is 14.7 Å². The van der Waals surface area contributed by atoms with Crippen molar-refractivity contribution < 1.29 is 28.9 Å². The lowest BCUT2D eigenvalue weighted by molar-refractivity contribution is -0.441. The fourth-order valence-corrected chi connectivity index (χ4v) is 9.09. The molecule has 6 heteroatoms. The maximum Gasteiger partial charge on any atom is 0.313 e. The minimum atomic E-state index is -1.46. The molecule has 1 heterocycles. The minimum Gasteiger partial charge on any atom is -0.393 e. The van der Waals surface area contributed by atoms with Crippen LogP contribution in [0.5, 0.6) is 0 Å². The van der Waals surface area contributed by atoms with E-state index in [1.807, 2.05) is 43.3 Å². The second-order valence-corrected chi connectivity index (χ2v) is 12.3. The van der Waals surface area contributed by atoms with Gasteiger partial charge in [-0.25, -0.2) is 0 Å². The van der Waals surface area contributed by atoms with Crippen LogP contribution in [0.4, 0.5) is 0 Å². The first kappa shape index (κ1) is 25.2. The average molecular weight is 507 g/mol. The quantitative estimate of drug-likeness (QED) is 0.639. The van der Waals surface area contributed by atoms with Crippen molar-refractivity contribution in [2.75, 3.05) is 13.2 Å². The highest BCUT2D eigenvalue weighted by molar-refractivity contribution is 6.01. The molecule has 6 rings (SSSR count). The number of benzene rings is 1. The number of carbonyl (C=O) groups excluding carboxylic acids is 2. The maximum atomic E-state index is 13.8. The molecule has 9 atom stereocenters. The molecule has 6 unspecified atom stereocenters. The van der Waals surface area contributed by atoms with Crippen LogP contribution in [0.2, 0.25) is 0 Å². The standard InChI is InChI=1S/C31H38O6/c1-5-35-31(20-9-7-6-8-10-20)36-18-26(34)30(37-31)14-12-23-22-15-19(2)24-16-21(32)11-13-28(24,3)27(22)25(33)17-29(23,30)4/h6-11,13,16,19,22-23,25,27,33H,5,12,14-15,17-18H2,1-4H3/t19-,22?,23?,25-,27?,28?,29?,30-,31?/m0/s1. The lowest BCUT2D eigenvalue weighted by Crippen LogP contribution is -2.67. The fraction of sp³-hybridized carbons (Fsp3) is 0.613. The van der Waals surface area contributed by atoms with E-state index in [0.717, 1.165) is 24.0 Å². The Morgan fingerprint density at radius 2 is 1.92 bits per heavy atom. The van der Waals surface area contributed by atoms with Gasteiger partial charge in [0.15, 0.2) is 11.6 Å². The van der Waals surface area contributed by atoms with E-state index in [4.69, 9.17) is 14.2 Å². The summed E-state index contributed by atoms with van der Waals surface area (Å²) in [7, 11) is 0. The Kier molecular flexibility index (Phi) is 5.74. The lowest BCUT2D eigenvalue weighted by Gasteiger charge is -2.62. The third-order valence-electron chi connectivity index (χ3n) is 10.6. The SMILES string of the molecule is CCOC1(c2ccccc2)OCC(=O)[C@]2(CCC3C4C[C@H](C)C5=CC(=O)C=CC5(C)C4[C@@H](O)CC32C)O1. The first-order chi connectivity index (χ1) is 17.6. The van der Waals surface area contributed by atoms with Crippen molar-refractivity contribution in [1.29, 1.82) is 0 Å². The Bertz CT molecular complexity index is 1170. The van der Waals surface area contributed by atoms with Gasteiger partial charge in [-0.15, -0.1) is 0 Å². The molecule has 6 nitrogen and oxygen atoms in total. The third-order valence-corrected chi connectivity index (χ3v) is 10.6. The van der Waals surface area contributed by atoms with Crippen molar-refractivity contribution in [3.05, 3.63) is 59.7 Å². The van der Waals surface area contributed by atoms with Crippen molar-refractivity contribution in [3.63, 3.8) is 0 Å². The fourth-order valence-electron chi connectivity index (χ4n) is 9.09. The van der Waals surface area contributed by atoms with E-state index < -0.39 is 23.1 Å². The molecule has 4 aliphatic carbocycles. The first-order valence-electron chi connectivity index (χ1n) is 13.8. The van der Waals surface area contributed by atoms with E-state index in [2.05, 4.69) is 20.8 Å². The summed E-state index contributed by atoms with van der Waals surface area (Å²) < 4.78 is 19.1. The number of aliphatic hydroxyl groups is 1. The molecule has 1 spiro atoms. The largest absolute Gasteiger partial charge is 0.393 e. The number of hydrogen-bond acceptors (Lipinski definition) is 6. The molecule has 1 aliphatic heterocycles. The summed E-state index contributed by atoms with van der Waals surface area (Å²) in [5, 5.41) is 11.8. The zero-order chi connectivity index (χ0) is 26.2. The molecular formula is C31H38O6. The van der Waals surface area contributed by atoms with Crippen LogP contribution < -0.4 is 0 Å². The number of allylic oxidation sites excluding steroid dienone is 4. The Labute approximate surface area is 219 Å². The number of aliphatic hydroxyl groups excluding tert-OH is 1. The van der Waals surface area contributed by atoms with Crippen LogP contribution in [0.3, 0.4) is 0 Å². The summed E-state index contributed by atoms with van der Waals surface area (Å²) in [5.41, 5.74) is -0.181. The predicted octanol–water partition coefficient (Wildman–Crippen LogP) is 4.71.